The largest absolute Gasteiger partial charge is 0.465 e. The van der Waals surface area contributed by atoms with Gasteiger partial charge in [0.05, 0.1) is 16.8 Å². The number of hydrogen-bond acceptors (Lipinski definition) is 3. The van der Waals surface area contributed by atoms with E-state index < -0.39 is 5.91 Å². The standard InChI is InChI=1S/C18H18Cl2N2O3/c1-3-22(4-2)18(24)16(11-13-6-5-9-25-13)21-17(23)14-8-7-12(19)10-15(14)20/h5-11H,3-4H2,1-2H3,(H,21,23)/b16-11+. The van der Waals surface area contributed by atoms with E-state index in [1.54, 1.807) is 23.1 Å². The average Bonchev–Trinajstić information content (AvgIpc) is 3.08. The summed E-state index contributed by atoms with van der Waals surface area (Å²) in [5.74, 6) is -0.349. The van der Waals surface area contributed by atoms with Crippen molar-refractivity contribution in [3.8, 4) is 0 Å². The Morgan fingerprint density at radius 2 is 1.92 bits per heavy atom. The minimum atomic E-state index is -0.500. The van der Waals surface area contributed by atoms with E-state index in [0.29, 0.717) is 23.9 Å². The molecule has 0 atom stereocenters. The number of carbonyl (C=O) groups is 2. The maximum absolute atomic E-state index is 12.7. The first kappa shape index (κ1) is 19.1. The Morgan fingerprint density at radius 1 is 1.20 bits per heavy atom. The highest BCUT2D eigenvalue weighted by Crippen LogP contribution is 2.21. The molecule has 2 amide bonds. The van der Waals surface area contributed by atoms with Gasteiger partial charge in [-0.2, -0.15) is 0 Å². The van der Waals surface area contributed by atoms with Crippen LogP contribution in [0, 0.1) is 0 Å². The lowest BCUT2D eigenvalue weighted by molar-refractivity contribution is -0.127. The SMILES string of the molecule is CCN(CC)C(=O)/C(=C\c1ccco1)NC(=O)c1ccc(Cl)cc1Cl. The molecule has 7 heteroatoms. The van der Waals surface area contributed by atoms with E-state index in [1.807, 2.05) is 13.8 Å². The Labute approximate surface area is 156 Å². The summed E-state index contributed by atoms with van der Waals surface area (Å²) in [5.41, 5.74) is 0.332. The molecular weight excluding hydrogens is 363 g/mol. The number of likely N-dealkylation sites (N-methyl/N-ethyl adjacent to an activating group) is 1. The normalized spacial score (nSPS) is 11.3. The number of furan rings is 1. The van der Waals surface area contributed by atoms with Crippen molar-refractivity contribution >= 4 is 41.1 Å². The Balaban J connectivity index is 2.32. The highest BCUT2D eigenvalue weighted by Gasteiger charge is 2.20. The van der Waals surface area contributed by atoms with E-state index in [0.717, 1.165) is 0 Å². The molecule has 2 rings (SSSR count). The van der Waals surface area contributed by atoms with Crippen LogP contribution < -0.4 is 5.32 Å². The molecule has 0 aliphatic heterocycles. The lowest BCUT2D eigenvalue weighted by Gasteiger charge is -2.20. The zero-order valence-electron chi connectivity index (χ0n) is 13.9. The Kier molecular flexibility index (Phi) is 6.67. The number of amides is 2. The van der Waals surface area contributed by atoms with Gasteiger partial charge in [-0.15, -0.1) is 0 Å². The quantitative estimate of drug-likeness (QED) is 0.762. The van der Waals surface area contributed by atoms with Gasteiger partial charge in [-0.25, -0.2) is 0 Å². The van der Waals surface area contributed by atoms with Gasteiger partial charge in [0.2, 0.25) is 0 Å². The molecule has 0 saturated carbocycles. The molecule has 1 heterocycles. The second-order valence-electron chi connectivity index (χ2n) is 5.13. The van der Waals surface area contributed by atoms with E-state index in [4.69, 9.17) is 27.6 Å². The summed E-state index contributed by atoms with van der Waals surface area (Å²) in [6.07, 6.45) is 2.98. The van der Waals surface area contributed by atoms with Gasteiger partial charge in [-0.1, -0.05) is 23.2 Å². The predicted octanol–water partition coefficient (Wildman–Crippen LogP) is 4.23. The molecule has 25 heavy (non-hydrogen) atoms. The molecular formula is C18H18Cl2N2O3. The average molecular weight is 381 g/mol. The van der Waals surface area contributed by atoms with Crippen LogP contribution in [0.25, 0.3) is 6.08 Å². The van der Waals surface area contributed by atoms with Crippen LogP contribution in [0.4, 0.5) is 0 Å². The minimum absolute atomic E-state index is 0.106. The van der Waals surface area contributed by atoms with Gasteiger partial charge in [0.1, 0.15) is 11.5 Å². The lowest BCUT2D eigenvalue weighted by Crippen LogP contribution is -2.38. The van der Waals surface area contributed by atoms with Crippen LogP contribution in [0.2, 0.25) is 10.0 Å². The first-order valence-electron chi connectivity index (χ1n) is 7.77. The fraction of sp³-hybridized carbons (Fsp3) is 0.222. The van der Waals surface area contributed by atoms with Crippen molar-refractivity contribution < 1.29 is 14.0 Å². The van der Waals surface area contributed by atoms with Crippen molar-refractivity contribution in [1.82, 2.24) is 10.2 Å². The third-order valence-electron chi connectivity index (χ3n) is 3.53. The third kappa shape index (κ3) is 4.87. The fourth-order valence-corrected chi connectivity index (χ4v) is 2.71. The van der Waals surface area contributed by atoms with Gasteiger partial charge < -0.3 is 14.6 Å². The summed E-state index contributed by atoms with van der Waals surface area (Å²) < 4.78 is 5.25. The monoisotopic (exact) mass is 380 g/mol. The molecule has 1 N–H and O–H groups in total. The van der Waals surface area contributed by atoms with Crippen LogP contribution in [0.1, 0.15) is 30.0 Å². The van der Waals surface area contributed by atoms with Crippen molar-refractivity contribution in [1.29, 1.82) is 0 Å². The number of hydrogen-bond donors (Lipinski definition) is 1. The molecule has 0 unspecified atom stereocenters. The number of benzene rings is 1. The van der Waals surface area contributed by atoms with Crippen LogP contribution in [0.5, 0.6) is 0 Å². The Morgan fingerprint density at radius 3 is 2.48 bits per heavy atom. The first-order chi connectivity index (χ1) is 12.0. The molecule has 1 aromatic heterocycles. The molecule has 132 valence electrons. The number of rotatable bonds is 6. The van der Waals surface area contributed by atoms with Crippen molar-refractivity contribution in [2.75, 3.05) is 13.1 Å². The molecule has 5 nitrogen and oxygen atoms in total. The number of carbonyl (C=O) groups excluding carboxylic acids is 2. The van der Waals surface area contributed by atoms with Gasteiger partial charge >= 0.3 is 0 Å². The van der Waals surface area contributed by atoms with Crippen molar-refractivity contribution in [3.05, 3.63) is 63.7 Å². The van der Waals surface area contributed by atoms with Gasteiger partial charge in [-0.3, -0.25) is 9.59 Å². The molecule has 0 spiro atoms. The van der Waals surface area contributed by atoms with Crippen LogP contribution in [-0.4, -0.2) is 29.8 Å². The molecule has 0 bridgehead atoms. The summed E-state index contributed by atoms with van der Waals surface area (Å²) in [5, 5.41) is 3.25. The topological polar surface area (TPSA) is 62.6 Å². The van der Waals surface area contributed by atoms with E-state index in [-0.39, 0.29) is 22.2 Å². The smallest absolute Gasteiger partial charge is 0.270 e. The van der Waals surface area contributed by atoms with E-state index >= 15 is 0 Å². The molecule has 0 aliphatic rings. The highest BCUT2D eigenvalue weighted by molar-refractivity contribution is 6.36. The molecule has 0 radical (unpaired) electrons. The lowest BCUT2D eigenvalue weighted by atomic mass is 10.2. The summed E-state index contributed by atoms with van der Waals surface area (Å²) in [4.78, 5) is 26.8. The second-order valence-corrected chi connectivity index (χ2v) is 5.97. The Bertz CT molecular complexity index is 782. The number of nitrogens with one attached hydrogen (secondary N) is 1. The van der Waals surface area contributed by atoms with Crippen molar-refractivity contribution in [3.63, 3.8) is 0 Å². The van der Waals surface area contributed by atoms with E-state index in [2.05, 4.69) is 5.32 Å². The number of nitrogens with zero attached hydrogens (tertiary/aromatic N) is 1. The van der Waals surface area contributed by atoms with Gasteiger partial charge in [0.15, 0.2) is 0 Å². The second kappa shape index (κ2) is 8.74. The fourth-order valence-electron chi connectivity index (χ4n) is 2.21. The van der Waals surface area contributed by atoms with Crippen molar-refractivity contribution in [2.45, 2.75) is 13.8 Å². The molecule has 0 fully saturated rings. The zero-order valence-corrected chi connectivity index (χ0v) is 15.4. The van der Waals surface area contributed by atoms with Crippen LogP contribution in [-0.2, 0) is 4.79 Å². The molecule has 0 aliphatic carbocycles. The summed E-state index contributed by atoms with van der Waals surface area (Å²) in [6.45, 7) is 4.76. The van der Waals surface area contributed by atoms with E-state index in [1.165, 1.54) is 24.5 Å². The molecule has 0 saturated heterocycles. The van der Waals surface area contributed by atoms with Crippen LogP contribution in [0.15, 0.2) is 46.7 Å². The minimum Gasteiger partial charge on any atom is -0.465 e. The van der Waals surface area contributed by atoms with Crippen LogP contribution in [0.3, 0.4) is 0 Å². The Hall–Kier alpha value is -2.24. The highest BCUT2D eigenvalue weighted by atomic mass is 35.5. The molecule has 1 aromatic carbocycles. The summed E-state index contributed by atoms with van der Waals surface area (Å²) in [6, 6.07) is 7.93. The van der Waals surface area contributed by atoms with Crippen molar-refractivity contribution in [2.24, 2.45) is 0 Å². The first-order valence-corrected chi connectivity index (χ1v) is 8.52. The predicted molar refractivity (Wildman–Crippen MR) is 98.5 cm³/mol. The van der Waals surface area contributed by atoms with Crippen LogP contribution >= 0.6 is 23.2 Å². The van der Waals surface area contributed by atoms with Gasteiger partial charge in [0, 0.05) is 24.2 Å². The number of halogens is 2. The molecule has 2 aromatic rings. The van der Waals surface area contributed by atoms with E-state index in [9.17, 15) is 9.59 Å². The maximum Gasteiger partial charge on any atom is 0.270 e. The van der Waals surface area contributed by atoms with Gasteiger partial charge in [0.25, 0.3) is 11.8 Å². The van der Waals surface area contributed by atoms with Gasteiger partial charge in [-0.05, 0) is 44.2 Å². The zero-order chi connectivity index (χ0) is 18.4. The summed E-state index contributed by atoms with van der Waals surface area (Å²) >= 11 is 11.9. The summed E-state index contributed by atoms with van der Waals surface area (Å²) in [7, 11) is 0. The third-order valence-corrected chi connectivity index (χ3v) is 4.08. The maximum atomic E-state index is 12.7.